The summed E-state index contributed by atoms with van der Waals surface area (Å²) in [7, 11) is 0. The Labute approximate surface area is 165 Å². The second-order valence-corrected chi connectivity index (χ2v) is 7.62. The molecule has 1 atom stereocenters. The summed E-state index contributed by atoms with van der Waals surface area (Å²) in [6.07, 6.45) is 5.56. The van der Waals surface area contributed by atoms with Crippen LogP contribution in [0.3, 0.4) is 0 Å². The second kappa shape index (κ2) is 6.48. The van der Waals surface area contributed by atoms with Crippen molar-refractivity contribution in [2.24, 2.45) is 0 Å². The average molecular weight is 399 g/mol. The molecular weight excluding hydrogens is 380 g/mol. The molecule has 0 radical (unpaired) electrons. The number of hydrogen-bond acceptors (Lipinski definition) is 5. The third-order valence-corrected chi connectivity index (χ3v) is 5.61. The minimum atomic E-state index is -1.30. The summed E-state index contributed by atoms with van der Waals surface area (Å²) in [6.45, 7) is 0.652. The van der Waals surface area contributed by atoms with Crippen molar-refractivity contribution in [3.05, 3.63) is 53.9 Å². The van der Waals surface area contributed by atoms with E-state index >= 15 is 0 Å². The van der Waals surface area contributed by atoms with Gasteiger partial charge in [0.15, 0.2) is 5.65 Å². The van der Waals surface area contributed by atoms with Gasteiger partial charge in [-0.05, 0) is 49.9 Å². The summed E-state index contributed by atoms with van der Waals surface area (Å²) in [4.78, 5) is 18.7. The maximum absolute atomic E-state index is 14.3. The van der Waals surface area contributed by atoms with E-state index in [0.29, 0.717) is 48.5 Å². The Balaban J connectivity index is 1.48. The molecule has 2 fully saturated rings. The molecule has 1 aromatic carbocycles. The lowest BCUT2D eigenvalue weighted by Crippen LogP contribution is -2.29. The van der Waals surface area contributed by atoms with Crippen LogP contribution in [0.1, 0.15) is 37.3 Å². The molecule has 1 aliphatic carbocycles. The van der Waals surface area contributed by atoms with Crippen LogP contribution in [0.2, 0.25) is 0 Å². The number of benzene rings is 1. The zero-order valence-electron chi connectivity index (χ0n) is 15.5. The minimum absolute atomic E-state index is 0.308. The van der Waals surface area contributed by atoms with E-state index in [-0.39, 0.29) is 6.04 Å². The molecule has 3 heterocycles. The highest BCUT2D eigenvalue weighted by Crippen LogP contribution is 2.38. The summed E-state index contributed by atoms with van der Waals surface area (Å²) >= 11 is 0. The highest BCUT2D eigenvalue weighted by atomic mass is 19.1. The van der Waals surface area contributed by atoms with Crippen LogP contribution in [0, 0.1) is 11.6 Å². The van der Waals surface area contributed by atoms with Crippen LogP contribution in [0.25, 0.3) is 5.65 Å². The number of anilines is 2. The SMILES string of the molecule is O=C(Nc1cnn2ccc(N3CCCC3c3cc(F)ccc3F)nc12)C1(O)CC1. The smallest absolute Gasteiger partial charge is 0.256 e. The number of amides is 1. The van der Waals surface area contributed by atoms with Gasteiger partial charge in [-0.3, -0.25) is 4.79 Å². The molecule has 0 spiro atoms. The van der Waals surface area contributed by atoms with Gasteiger partial charge >= 0.3 is 0 Å². The lowest BCUT2D eigenvalue weighted by molar-refractivity contribution is -0.125. The van der Waals surface area contributed by atoms with E-state index < -0.39 is 23.1 Å². The molecule has 0 bridgehead atoms. The number of carbonyl (C=O) groups is 1. The van der Waals surface area contributed by atoms with Crippen molar-refractivity contribution in [1.29, 1.82) is 0 Å². The molecular formula is C20H19F2N5O2. The number of halogens is 2. The van der Waals surface area contributed by atoms with Crippen LogP contribution in [-0.2, 0) is 4.79 Å². The van der Waals surface area contributed by atoms with Gasteiger partial charge in [-0.1, -0.05) is 0 Å². The largest absolute Gasteiger partial charge is 0.380 e. The van der Waals surface area contributed by atoms with Crippen molar-refractivity contribution in [3.63, 3.8) is 0 Å². The highest BCUT2D eigenvalue weighted by molar-refractivity contribution is 6.01. The Morgan fingerprint density at radius 3 is 2.90 bits per heavy atom. The van der Waals surface area contributed by atoms with Crippen molar-refractivity contribution in [2.45, 2.75) is 37.3 Å². The zero-order valence-corrected chi connectivity index (χ0v) is 15.5. The third-order valence-electron chi connectivity index (χ3n) is 5.61. The van der Waals surface area contributed by atoms with Crippen molar-refractivity contribution in [2.75, 3.05) is 16.8 Å². The number of nitrogens with zero attached hydrogens (tertiary/aromatic N) is 4. The van der Waals surface area contributed by atoms with E-state index in [1.807, 2.05) is 4.90 Å². The van der Waals surface area contributed by atoms with Gasteiger partial charge in [-0.25, -0.2) is 18.3 Å². The first-order chi connectivity index (χ1) is 13.9. The zero-order chi connectivity index (χ0) is 20.2. The van der Waals surface area contributed by atoms with Gasteiger partial charge in [0.2, 0.25) is 0 Å². The molecule has 9 heteroatoms. The Kier molecular flexibility index (Phi) is 4.02. The molecule has 5 rings (SSSR count). The second-order valence-electron chi connectivity index (χ2n) is 7.62. The molecule has 3 aromatic rings. The molecule has 2 aliphatic rings. The third kappa shape index (κ3) is 3.11. The number of aliphatic hydroxyl groups is 1. The molecule has 1 unspecified atom stereocenters. The predicted octanol–water partition coefficient (Wildman–Crippen LogP) is 2.81. The molecule has 1 amide bonds. The van der Waals surface area contributed by atoms with Crippen LogP contribution in [-0.4, -0.2) is 37.8 Å². The number of carbonyl (C=O) groups excluding carboxylic acids is 1. The Hall–Kier alpha value is -3.07. The molecule has 2 N–H and O–H groups in total. The summed E-state index contributed by atoms with van der Waals surface area (Å²) in [6, 6.07) is 4.92. The molecule has 7 nitrogen and oxygen atoms in total. The van der Waals surface area contributed by atoms with Crippen molar-refractivity contribution >= 4 is 23.1 Å². The molecule has 1 saturated carbocycles. The summed E-state index contributed by atoms with van der Waals surface area (Å²) in [5.74, 6) is -0.805. The summed E-state index contributed by atoms with van der Waals surface area (Å²) in [5, 5.41) is 16.8. The molecule has 29 heavy (non-hydrogen) atoms. The predicted molar refractivity (Wildman–Crippen MR) is 101 cm³/mol. The van der Waals surface area contributed by atoms with Crippen LogP contribution < -0.4 is 10.2 Å². The van der Waals surface area contributed by atoms with Crippen LogP contribution in [0.5, 0.6) is 0 Å². The van der Waals surface area contributed by atoms with Gasteiger partial charge in [-0.15, -0.1) is 0 Å². The average Bonchev–Trinajstić information content (AvgIpc) is 3.13. The Morgan fingerprint density at radius 2 is 2.10 bits per heavy atom. The van der Waals surface area contributed by atoms with Gasteiger partial charge in [-0.2, -0.15) is 5.10 Å². The van der Waals surface area contributed by atoms with Gasteiger partial charge in [0.1, 0.15) is 28.7 Å². The number of rotatable bonds is 4. The number of hydrogen-bond donors (Lipinski definition) is 2. The minimum Gasteiger partial charge on any atom is -0.380 e. The fourth-order valence-electron chi connectivity index (χ4n) is 3.83. The topological polar surface area (TPSA) is 82.8 Å². The standard InChI is InChI=1S/C20H19F2N5O2/c21-12-3-4-14(22)13(10-12)16-2-1-8-26(16)17-5-9-27-18(25-17)15(11-23-27)24-19(28)20(29)6-7-20/h3-5,9-11,16,29H,1-2,6-8H2,(H,24,28). The number of fused-ring (bicyclic) bond motifs is 1. The van der Waals surface area contributed by atoms with E-state index in [2.05, 4.69) is 15.4 Å². The Morgan fingerprint density at radius 1 is 1.28 bits per heavy atom. The van der Waals surface area contributed by atoms with E-state index in [1.165, 1.54) is 16.8 Å². The number of nitrogens with one attached hydrogen (secondary N) is 1. The van der Waals surface area contributed by atoms with Crippen molar-refractivity contribution in [3.8, 4) is 0 Å². The van der Waals surface area contributed by atoms with Crippen LogP contribution in [0.4, 0.5) is 20.3 Å². The first kappa shape index (κ1) is 18.0. The summed E-state index contributed by atoms with van der Waals surface area (Å²) in [5.41, 5.74) is -0.182. The maximum atomic E-state index is 14.3. The molecule has 150 valence electrons. The van der Waals surface area contributed by atoms with E-state index in [0.717, 1.165) is 18.6 Å². The quantitative estimate of drug-likeness (QED) is 0.705. The van der Waals surface area contributed by atoms with E-state index in [1.54, 1.807) is 12.3 Å². The van der Waals surface area contributed by atoms with Crippen LogP contribution in [0.15, 0.2) is 36.7 Å². The van der Waals surface area contributed by atoms with Gasteiger partial charge in [0.25, 0.3) is 5.91 Å². The van der Waals surface area contributed by atoms with Gasteiger partial charge in [0, 0.05) is 18.3 Å². The maximum Gasteiger partial charge on any atom is 0.256 e. The Bertz CT molecular complexity index is 1110. The monoisotopic (exact) mass is 399 g/mol. The molecule has 1 aliphatic heterocycles. The lowest BCUT2D eigenvalue weighted by atomic mass is 10.0. The lowest BCUT2D eigenvalue weighted by Gasteiger charge is -2.26. The molecule has 2 aromatic heterocycles. The van der Waals surface area contributed by atoms with Gasteiger partial charge < -0.3 is 15.3 Å². The van der Waals surface area contributed by atoms with Gasteiger partial charge in [0.05, 0.1) is 12.2 Å². The van der Waals surface area contributed by atoms with Crippen molar-refractivity contribution < 1.29 is 18.7 Å². The highest BCUT2D eigenvalue weighted by Gasteiger charge is 2.48. The van der Waals surface area contributed by atoms with E-state index in [4.69, 9.17) is 0 Å². The molecule has 1 saturated heterocycles. The van der Waals surface area contributed by atoms with Crippen molar-refractivity contribution in [1.82, 2.24) is 14.6 Å². The fourth-order valence-corrected chi connectivity index (χ4v) is 3.83. The first-order valence-corrected chi connectivity index (χ1v) is 9.54. The van der Waals surface area contributed by atoms with Crippen LogP contribution >= 0.6 is 0 Å². The summed E-state index contributed by atoms with van der Waals surface area (Å²) < 4.78 is 29.6. The first-order valence-electron chi connectivity index (χ1n) is 9.54. The fraction of sp³-hybridized carbons (Fsp3) is 0.350. The van der Waals surface area contributed by atoms with E-state index in [9.17, 15) is 18.7 Å². The normalized spacial score (nSPS) is 20.2. The number of aromatic nitrogens is 3.